The summed E-state index contributed by atoms with van der Waals surface area (Å²) in [6.07, 6.45) is 5.50. The molecule has 4 rings (SSSR count). The topological polar surface area (TPSA) is 87.2 Å². The molecule has 0 bridgehead atoms. The van der Waals surface area contributed by atoms with E-state index in [2.05, 4.69) is 11.8 Å². The van der Waals surface area contributed by atoms with E-state index in [-0.39, 0.29) is 35.5 Å². The molecule has 0 radical (unpaired) electrons. The van der Waals surface area contributed by atoms with Crippen molar-refractivity contribution in [2.45, 2.75) is 69.4 Å². The lowest BCUT2D eigenvalue weighted by atomic mass is 10.00. The number of amides is 2. The second kappa shape index (κ2) is 14.3. The van der Waals surface area contributed by atoms with Gasteiger partial charge in [0.2, 0.25) is 5.91 Å². The van der Waals surface area contributed by atoms with Gasteiger partial charge in [-0.1, -0.05) is 49.4 Å². The van der Waals surface area contributed by atoms with Crippen molar-refractivity contribution in [3.63, 3.8) is 0 Å². The van der Waals surface area contributed by atoms with Crippen molar-refractivity contribution < 1.29 is 22.7 Å². The molecule has 9 heteroatoms. The van der Waals surface area contributed by atoms with Crippen LogP contribution in [0.2, 0.25) is 0 Å². The number of hydrogen-bond donors (Lipinski definition) is 0. The first-order chi connectivity index (χ1) is 19.6. The summed E-state index contributed by atoms with van der Waals surface area (Å²) < 4.78 is 29.5. The number of benzene rings is 2. The highest BCUT2D eigenvalue weighted by Gasteiger charge is 2.29. The average Bonchev–Trinajstić information content (AvgIpc) is 2.97. The molecule has 0 spiro atoms. The Morgan fingerprint density at radius 1 is 0.951 bits per heavy atom. The Morgan fingerprint density at radius 2 is 1.59 bits per heavy atom. The van der Waals surface area contributed by atoms with Gasteiger partial charge in [-0.05, 0) is 61.8 Å². The molecule has 1 atom stereocenters. The van der Waals surface area contributed by atoms with Gasteiger partial charge in [0, 0.05) is 58.0 Å². The largest absolute Gasteiger partial charge is 0.441 e. The van der Waals surface area contributed by atoms with E-state index in [1.165, 1.54) is 6.26 Å². The lowest BCUT2D eigenvalue weighted by molar-refractivity contribution is -0.133. The fourth-order valence-electron chi connectivity index (χ4n) is 5.87. The summed E-state index contributed by atoms with van der Waals surface area (Å²) >= 11 is 0. The van der Waals surface area contributed by atoms with Gasteiger partial charge in [0.15, 0.2) is 9.84 Å². The molecular formula is C32H45N3O5S. The van der Waals surface area contributed by atoms with Gasteiger partial charge in [0.25, 0.3) is 0 Å². The summed E-state index contributed by atoms with van der Waals surface area (Å²) in [7, 11) is -3.26. The Balaban J connectivity index is 1.28. The number of sulfone groups is 1. The summed E-state index contributed by atoms with van der Waals surface area (Å²) in [5.41, 5.74) is 1.84. The van der Waals surface area contributed by atoms with Gasteiger partial charge in [-0.15, -0.1) is 0 Å². The highest BCUT2D eigenvalue weighted by atomic mass is 32.2. The number of ether oxygens (including phenoxy) is 1. The molecule has 41 heavy (non-hydrogen) atoms. The van der Waals surface area contributed by atoms with Gasteiger partial charge in [-0.3, -0.25) is 4.79 Å². The van der Waals surface area contributed by atoms with Gasteiger partial charge < -0.3 is 19.4 Å². The van der Waals surface area contributed by atoms with Crippen molar-refractivity contribution in [2.75, 3.05) is 45.5 Å². The van der Waals surface area contributed by atoms with E-state index in [1.54, 1.807) is 24.3 Å². The van der Waals surface area contributed by atoms with Crippen LogP contribution in [0.3, 0.4) is 0 Å². The van der Waals surface area contributed by atoms with Gasteiger partial charge in [0.05, 0.1) is 11.3 Å². The lowest BCUT2D eigenvalue weighted by Crippen LogP contribution is -2.48. The zero-order valence-electron chi connectivity index (χ0n) is 24.7. The molecular weight excluding hydrogens is 538 g/mol. The van der Waals surface area contributed by atoms with Gasteiger partial charge in [-0.2, -0.15) is 0 Å². The second-order valence-electron chi connectivity index (χ2n) is 11.6. The van der Waals surface area contributed by atoms with E-state index < -0.39 is 9.84 Å². The number of carbonyl (C=O) groups excluding carboxylic acids is 2. The molecule has 0 N–H and O–H groups in total. The molecule has 0 aliphatic carbocycles. The summed E-state index contributed by atoms with van der Waals surface area (Å²) in [4.78, 5) is 32.6. The molecule has 224 valence electrons. The number of likely N-dealkylation sites (tertiary alicyclic amines) is 2. The Labute approximate surface area is 245 Å². The fraction of sp³-hybridized carbons (Fsp3) is 0.562. The summed E-state index contributed by atoms with van der Waals surface area (Å²) in [6.45, 7) is 9.00. The molecule has 0 aromatic heterocycles. The maximum atomic E-state index is 13.2. The lowest BCUT2D eigenvalue weighted by Gasteiger charge is -2.38. The Morgan fingerprint density at radius 3 is 2.17 bits per heavy atom. The Bertz CT molecular complexity index is 1240. The quantitative estimate of drug-likeness (QED) is 0.394. The van der Waals surface area contributed by atoms with Crippen LogP contribution in [0.1, 0.15) is 63.2 Å². The number of hydrogen-bond acceptors (Lipinski definition) is 6. The zero-order valence-corrected chi connectivity index (χ0v) is 25.5. The number of nitrogens with zero attached hydrogens (tertiary/aromatic N) is 3. The molecule has 2 aliphatic heterocycles. The monoisotopic (exact) mass is 583 g/mol. The third-order valence-electron chi connectivity index (χ3n) is 8.53. The molecule has 2 fully saturated rings. The van der Waals surface area contributed by atoms with Crippen LogP contribution in [0.15, 0.2) is 59.5 Å². The van der Waals surface area contributed by atoms with E-state index in [9.17, 15) is 18.0 Å². The number of rotatable bonds is 10. The van der Waals surface area contributed by atoms with Crippen molar-refractivity contribution in [1.29, 1.82) is 0 Å². The predicted octanol–water partition coefficient (Wildman–Crippen LogP) is 4.95. The fourth-order valence-corrected chi connectivity index (χ4v) is 6.50. The first kappa shape index (κ1) is 31.0. The van der Waals surface area contributed by atoms with E-state index in [0.29, 0.717) is 12.5 Å². The third-order valence-corrected chi connectivity index (χ3v) is 9.66. The Hall–Kier alpha value is -2.91. The van der Waals surface area contributed by atoms with Crippen molar-refractivity contribution in [1.82, 2.24) is 14.7 Å². The van der Waals surface area contributed by atoms with E-state index >= 15 is 0 Å². The molecule has 2 heterocycles. The van der Waals surface area contributed by atoms with Crippen LogP contribution in [0.4, 0.5) is 4.79 Å². The van der Waals surface area contributed by atoms with Crippen LogP contribution in [-0.4, -0.2) is 86.7 Å². The average molecular weight is 584 g/mol. The smallest absolute Gasteiger partial charge is 0.410 e. The highest BCUT2D eigenvalue weighted by molar-refractivity contribution is 7.90. The molecule has 2 saturated heterocycles. The zero-order chi connectivity index (χ0) is 29.4. The molecule has 0 saturated carbocycles. The highest BCUT2D eigenvalue weighted by Crippen LogP contribution is 2.26. The van der Waals surface area contributed by atoms with Gasteiger partial charge in [-0.25, -0.2) is 13.2 Å². The van der Waals surface area contributed by atoms with Crippen LogP contribution in [0.5, 0.6) is 0 Å². The summed E-state index contributed by atoms with van der Waals surface area (Å²) in [6, 6.07) is 16.8. The minimum Gasteiger partial charge on any atom is -0.441 e. The van der Waals surface area contributed by atoms with E-state index in [0.717, 1.165) is 76.0 Å². The number of likely N-dealkylation sites (N-methyl/N-ethyl adjacent to an activating group) is 1. The van der Waals surface area contributed by atoms with Crippen LogP contribution >= 0.6 is 0 Å². The van der Waals surface area contributed by atoms with Crippen LogP contribution in [0.25, 0.3) is 0 Å². The molecule has 2 aromatic rings. The molecule has 2 aromatic carbocycles. The number of carbonyl (C=O) groups is 2. The van der Waals surface area contributed by atoms with Crippen LogP contribution in [-0.2, 0) is 25.8 Å². The van der Waals surface area contributed by atoms with Crippen molar-refractivity contribution in [3.05, 3.63) is 65.7 Å². The summed E-state index contributed by atoms with van der Waals surface area (Å²) in [5, 5.41) is 0. The van der Waals surface area contributed by atoms with Crippen molar-refractivity contribution >= 4 is 21.8 Å². The maximum Gasteiger partial charge on any atom is 0.410 e. The first-order valence-corrected chi connectivity index (χ1v) is 16.8. The third kappa shape index (κ3) is 8.79. The summed E-state index contributed by atoms with van der Waals surface area (Å²) in [5.74, 6) is 0.723. The first-order valence-electron chi connectivity index (χ1n) is 15.0. The van der Waals surface area contributed by atoms with E-state index in [4.69, 9.17) is 4.74 Å². The van der Waals surface area contributed by atoms with E-state index in [1.807, 2.05) is 47.1 Å². The predicted molar refractivity (Wildman–Crippen MR) is 160 cm³/mol. The SMILES string of the molecule is CCN(C(=O)Cc1ccc(S(C)(=O)=O)cc1)C1CCN(CCC(OC(=O)N2CCC(C)CC2)c2ccccc2)CC1. The standard InChI is InChI=1S/C32H45N3O5S/c1-4-35(31(36)24-26-10-12-29(13-11-26)41(3,38)39)28-16-19-33(20-17-28)21-18-30(27-8-6-5-7-9-27)40-32(37)34-22-14-25(2)15-23-34/h5-13,25,28,30H,4,14-24H2,1-3H3. The number of piperidine rings is 2. The molecule has 2 aliphatic rings. The van der Waals surface area contributed by atoms with Crippen molar-refractivity contribution in [2.24, 2.45) is 5.92 Å². The van der Waals surface area contributed by atoms with Gasteiger partial charge in [0.1, 0.15) is 6.10 Å². The van der Waals surface area contributed by atoms with Crippen molar-refractivity contribution in [3.8, 4) is 0 Å². The molecule has 1 unspecified atom stereocenters. The maximum absolute atomic E-state index is 13.2. The minimum absolute atomic E-state index is 0.0706. The Kier molecular flexibility index (Phi) is 10.8. The molecule has 8 nitrogen and oxygen atoms in total. The normalized spacial score (nSPS) is 18.2. The molecule has 2 amide bonds. The minimum atomic E-state index is -3.26. The van der Waals surface area contributed by atoms with Gasteiger partial charge >= 0.3 is 6.09 Å². The van der Waals surface area contributed by atoms with Crippen LogP contribution < -0.4 is 0 Å². The van der Waals surface area contributed by atoms with Crippen LogP contribution in [0, 0.1) is 5.92 Å². The second-order valence-corrected chi connectivity index (χ2v) is 13.6.